The Labute approximate surface area is 177 Å². The maximum absolute atomic E-state index is 13.5. The van der Waals surface area contributed by atoms with E-state index >= 15 is 0 Å². The first-order valence-electron chi connectivity index (χ1n) is 9.17. The Balaban J connectivity index is 1.89. The number of nitrogens with zero attached hydrogens (tertiary/aromatic N) is 1. The summed E-state index contributed by atoms with van der Waals surface area (Å²) in [5, 5.41) is 0. The number of fused-ring (bicyclic) bond motifs is 1. The molecule has 0 saturated heterocycles. The van der Waals surface area contributed by atoms with Crippen molar-refractivity contribution in [2.75, 3.05) is 4.31 Å². The van der Waals surface area contributed by atoms with E-state index in [1.807, 2.05) is 6.92 Å². The highest BCUT2D eigenvalue weighted by Crippen LogP contribution is 2.30. The molecule has 6 nitrogen and oxygen atoms in total. The average Bonchev–Trinajstić information content (AvgIpc) is 3.13. The predicted molar refractivity (Wildman–Crippen MR) is 117 cm³/mol. The zero-order valence-electron chi connectivity index (χ0n) is 15.9. The molecule has 0 spiro atoms. The highest BCUT2D eigenvalue weighted by molar-refractivity contribution is 7.93. The van der Waals surface area contributed by atoms with Crippen LogP contribution in [0.4, 0.5) is 5.69 Å². The number of benzene rings is 3. The number of carbonyl (C=O) groups is 1. The van der Waals surface area contributed by atoms with E-state index in [9.17, 15) is 18.0 Å². The van der Waals surface area contributed by atoms with Crippen LogP contribution in [0.3, 0.4) is 0 Å². The summed E-state index contributed by atoms with van der Waals surface area (Å²) in [6, 6.07) is 19.0. The van der Waals surface area contributed by atoms with Crippen LogP contribution in [0.1, 0.15) is 22.8 Å². The van der Waals surface area contributed by atoms with Crippen molar-refractivity contribution >= 4 is 43.2 Å². The molecule has 0 atom stereocenters. The number of sulfonamides is 1. The summed E-state index contributed by atoms with van der Waals surface area (Å²) in [6.07, 6.45) is 0.767. The van der Waals surface area contributed by atoms with Crippen molar-refractivity contribution in [1.82, 2.24) is 0 Å². The molecule has 30 heavy (non-hydrogen) atoms. The van der Waals surface area contributed by atoms with Crippen molar-refractivity contribution < 1.29 is 17.6 Å². The maximum atomic E-state index is 13.5. The van der Waals surface area contributed by atoms with E-state index in [4.69, 9.17) is 4.42 Å². The Morgan fingerprint density at radius 1 is 1.00 bits per heavy atom. The molecule has 4 aromatic rings. The van der Waals surface area contributed by atoms with Gasteiger partial charge in [-0.15, -0.1) is 0 Å². The smallest absolute Gasteiger partial charge is 0.396 e. The van der Waals surface area contributed by atoms with Crippen LogP contribution < -0.4 is 9.24 Å². The third kappa shape index (κ3) is 3.67. The summed E-state index contributed by atoms with van der Waals surface area (Å²) in [5.74, 6) is -0.689. The number of hydrogen-bond donors (Lipinski definition) is 0. The minimum absolute atomic E-state index is 0.00413. The number of hydrogen-bond acceptors (Lipinski definition) is 6. The van der Waals surface area contributed by atoms with Gasteiger partial charge in [-0.25, -0.2) is 13.2 Å². The SMILES string of the molecule is CCc1ccc(S(=O)(=O)N(C(=O)c2ccccc2)c2ccc3oc(=O)sc3c2)cc1. The lowest BCUT2D eigenvalue weighted by atomic mass is 10.2. The standard InChI is InChI=1S/C22H17NO5S2/c1-2-15-8-11-18(12-9-15)30(26,27)23(21(24)16-6-4-3-5-7-16)17-10-13-19-20(14-17)29-22(25)28-19/h3-14H,2H2,1H3. The number of anilines is 1. The van der Waals surface area contributed by atoms with Crippen molar-refractivity contribution in [2.24, 2.45) is 0 Å². The second kappa shape index (κ2) is 7.89. The van der Waals surface area contributed by atoms with Gasteiger partial charge in [-0.1, -0.05) is 48.6 Å². The fraction of sp³-hybridized carbons (Fsp3) is 0.0909. The lowest BCUT2D eigenvalue weighted by molar-refractivity contribution is 0.101. The van der Waals surface area contributed by atoms with Crippen molar-refractivity contribution in [2.45, 2.75) is 18.2 Å². The molecule has 152 valence electrons. The van der Waals surface area contributed by atoms with Crippen molar-refractivity contribution in [1.29, 1.82) is 0 Å². The van der Waals surface area contributed by atoms with Gasteiger partial charge in [0.2, 0.25) is 0 Å². The summed E-state index contributed by atoms with van der Waals surface area (Å²) in [5.41, 5.74) is 1.68. The Morgan fingerprint density at radius 3 is 2.37 bits per heavy atom. The Morgan fingerprint density at radius 2 is 1.70 bits per heavy atom. The lowest BCUT2D eigenvalue weighted by Crippen LogP contribution is -2.37. The van der Waals surface area contributed by atoms with Gasteiger partial charge in [-0.05, 0) is 54.4 Å². The first-order valence-corrected chi connectivity index (χ1v) is 11.4. The molecule has 1 heterocycles. The Kier molecular flexibility index (Phi) is 5.27. The van der Waals surface area contributed by atoms with Crippen molar-refractivity contribution in [3.8, 4) is 0 Å². The molecule has 0 bridgehead atoms. The summed E-state index contributed by atoms with van der Waals surface area (Å²) < 4.78 is 33.3. The minimum Gasteiger partial charge on any atom is -0.414 e. The van der Waals surface area contributed by atoms with E-state index in [1.54, 1.807) is 42.5 Å². The molecule has 0 saturated carbocycles. The van der Waals surface area contributed by atoms with E-state index < -0.39 is 20.9 Å². The van der Waals surface area contributed by atoms with Gasteiger partial charge in [-0.2, -0.15) is 4.31 Å². The zero-order valence-corrected chi connectivity index (χ0v) is 17.6. The predicted octanol–water partition coefficient (Wildman–Crippen LogP) is 4.45. The van der Waals surface area contributed by atoms with E-state index in [0.717, 1.165) is 27.6 Å². The van der Waals surface area contributed by atoms with Gasteiger partial charge < -0.3 is 4.42 Å². The molecular weight excluding hydrogens is 422 g/mol. The van der Waals surface area contributed by atoms with E-state index in [-0.39, 0.29) is 16.1 Å². The third-order valence-corrected chi connectivity index (χ3v) is 7.14. The van der Waals surface area contributed by atoms with Crippen LogP contribution in [0.15, 0.2) is 86.9 Å². The van der Waals surface area contributed by atoms with Gasteiger partial charge in [-0.3, -0.25) is 4.79 Å². The fourth-order valence-corrected chi connectivity index (χ4v) is 5.16. The summed E-state index contributed by atoms with van der Waals surface area (Å²) >= 11 is 0.848. The van der Waals surface area contributed by atoms with Gasteiger partial charge in [0, 0.05) is 5.56 Å². The highest BCUT2D eigenvalue weighted by atomic mass is 32.2. The zero-order chi connectivity index (χ0) is 21.3. The molecule has 1 amide bonds. The molecule has 0 aliphatic carbocycles. The summed E-state index contributed by atoms with van der Waals surface area (Å²) in [4.78, 5) is 24.4. The molecule has 4 rings (SSSR count). The van der Waals surface area contributed by atoms with Gasteiger partial charge in [0.25, 0.3) is 15.9 Å². The molecule has 0 fully saturated rings. The molecule has 3 aromatic carbocycles. The normalized spacial score (nSPS) is 11.5. The molecule has 8 heteroatoms. The molecule has 0 radical (unpaired) electrons. The van der Waals surface area contributed by atoms with E-state index in [0.29, 0.717) is 10.3 Å². The average molecular weight is 440 g/mol. The monoisotopic (exact) mass is 439 g/mol. The molecule has 0 aliphatic heterocycles. The van der Waals surface area contributed by atoms with E-state index in [2.05, 4.69) is 0 Å². The van der Waals surface area contributed by atoms with Gasteiger partial charge in [0.1, 0.15) is 5.58 Å². The molecule has 0 aliphatic rings. The first-order chi connectivity index (χ1) is 14.4. The molecule has 0 N–H and O–H groups in total. The van der Waals surface area contributed by atoms with Crippen LogP contribution in [0.2, 0.25) is 0 Å². The van der Waals surface area contributed by atoms with E-state index in [1.165, 1.54) is 30.3 Å². The maximum Gasteiger partial charge on any atom is 0.396 e. The third-order valence-electron chi connectivity index (χ3n) is 4.62. The topological polar surface area (TPSA) is 84.7 Å². The molecule has 1 aromatic heterocycles. The Bertz CT molecular complexity index is 1370. The number of rotatable bonds is 5. The van der Waals surface area contributed by atoms with Crippen LogP contribution >= 0.6 is 11.3 Å². The van der Waals surface area contributed by atoms with Gasteiger partial charge in [0.15, 0.2) is 0 Å². The summed E-state index contributed by atoms with van der Waals surface area (Å²) in [6.45, 7) is 1.97. The molecule has 0 unspecified atom stereocenters. The Hall–Kier alpha value is -3.23. The first kappa shape index (κ1) is 20.1. The second-order valence-corrected chi connectivity index (χ2v) is 9.29. The van der Waals surface area contributed by atoms with Crippen molar-refractivity contribution in [3.63, 3.8) is 0 Å². The second-order valence-electron chi connectivity index (χ2n) is 6.52. The summed E-state index contributed by atoms with van der Waals surface area (Å²) in [7, 11) is -4.21. The van der Waals surface area contributed by atoms with Crippen LogP contribution in [-0.4, -0.2) is 14.3 Å². The highest BCUT2D eigenvalue weighted by Gasteiger charge is 2.32. The van der Waals surface area contributed by atoms with Crippen LogP contribution in [0.25, 0.3) is 10.3 Å². The van der Waals surface area contributed by atoms with Crippen molar-refractivity contribution in [3.05, 3.63) is 93.7 Å². The minimum atomic E-state index is -4.21. The van der Waals surface area contributed by atoms with Crippen LogP contribution in [0.5, 0.6) is 0 Å². The van der Waals surface area contributed by atoms with Gasteiger partial charge in [0.05, 0.1) is 15.3 Å². The number of amides is 1. The molecular formula is C22H17NO5S2. The quantitative estimate of drug-likeness (QED) is 0.459. The van der Waals surface area contributed by atoms with Crippen LogP contribution in [0, 0.1) is 0 Å². The van der Waals surface area contributed by atoms with Crippen LogP contribution in [-0.2, 0) is 16.4 Å². The fourth-order valence-electron chi connectivity index (χ4n) is 3.05. The number of carbonyl (C=O) groups excluding carboxylic acids is 1. The largest absolute Gasteiger partial charge is 0.414 e. The lowest BCUT2D eigenvalue weighted by Gasteiger charge is -2.23. The van der Waals surface area contributed by atoms with Gasteiger partial charge >= 0.3 is 4.94 Å². The number of aryl methyl sites for hydroxylation is 1.